The van der Waals surface area contributed by atoms with Crippen LogP contribution in [0.2, 0.25) is 23.2 Å². The lowest BCUT2D eigenvalue weighted by Crippen LogP contribution is -2.52. The van der Waals surface area contributed by atoms with E-state index in [4.69, 9.17) is 31.2 Å². The number of aryl methyl sites for hydroxylation is 1. The van der Waals surface area contributed by atoms with Crippen molar-refractivity contribution in [3.8, 4) is 5.75 Å². The molecule has 0 amide bonds. The van der Waals surface area contributed by atoms with Crippen LogP contribution < -0.4 is 15.4 Å². The van der Waals surface area contributed by atoms with Crippen LogP contribution in [0.25, 0.3) is 0 Å². The summed E-state index contributed by atoms with van der Waals surface area (Å²) in [6.45, 7) is 14.9. The SMILES string of the molecule is COC(=O)c1ccc2c(c1)N(C[C@@H]1CC[C@H]1[C@H](/C=C/[C@@H]1CC[C@H]1CCN)O[Si](C)(C)C(C)(C)C)C[C@@]1(CCCc3cc(Cl)ccc31)CO2. The van der Waals surface area contributed by atoms with Gasteiger partial charge in [-0.05, 0) is 141 Å². The first-order chi connectivity index (χ1) is 22.8. The van der Waals surface area contributed by atoms with Crippen molar-refractivity contribution in [3.63, 3.8) is 0 Å². The van der Waals surface area contributed by atoms with E-state index in [1.54, 1.807) is 0 Å². The Hall–Kier alpha value is -2.32. The van der Waals surface area contributed by atoms with Gasteiger partial charge < -0.3 is 24.5 Å². The molecule has 6 rings (SSSR count). The Kier molecular flexibility index (Phi) is 10.4. The van der Waals surface area contributed by atoms with Crippen LogP contribution in [-0.4, -0.2) is 53.7 Å². The summed E-state index contributed by atoms with van der Waals surface area (Å²) >= 11 is 6.49. The lowest BCUT2D eigenvalue weighted by Gasteiger charge is -2.48. The first kappa shape index (κ1) is 35.5. The topological polar surface area (TPSA) is 74.0 Å². The molecule has 1 spiro atoms. The molecular weight excluding hydrogens is 636 g/mol. The Morgan fingerprint density at radius 3 is 2.60 bits per heavy atom. The molecule has 6 nitrogen and oxygen atoms in total. The number of nitrogens with two attached hydrogens (primary N) is 1. The molecule has 262 valence electrons. The van der Waals surface area contributed by atoms with Gasteiger partial charge >= 0.3 is 5.97 Å². The highest BCUT2D eigenvalue weighted by Crippen LogP contribution is 2.48. The first-order valence-corrected chi connectivity index (χ1v) is 21.6. The molecule has 48 heavy (non-hydrogen) atoms. The van der Waals surface area contributed by atoms with Crippen molar-refractivity contribution >= 4 is 31.6 Å². The Bertz CT molecular complexity index is 1500. The summed E-state index contributed by atoms with van der Waals surface area (Å²) in [6, 6.07) is 12.2. The number of anilines is 1. The summed E-state index contributed by atoms with van der Waals surface area (Å²) in [7, 11) is -0.582. The highest BCUT2D eigenvalue weighted by molar-refractivity contribution is 6.74. The first-order valence-electron chi connectivity index (χ1n) is 18.3. The predicted molar refractivity (Wildman–Crippen MR) is 199 cm³/mol. The Morgan fingerprint density at radius 2 is 1.94 bits per heavy atom. The molecule has 2 N–H and O–H groups in total. The number of esters is 1. The summed E-state index contributed by atoms with van der Waals surface area (Å²) in [4.78, 5) is 15.3. The van der Waals surface area contributed by atoms with Crippen LogP contribution >= 0.6 is 11.6 Å². The van der Waals surface area contributed by atoms with E-state index in [-0.39, 0.29) is 22.5 Å². The molecule has 0 radical (unpaired) electrons. The van der Waals surface area contributed by atoms with E-state index in [1.807, 2.05) is 24.3 Å². The normalized spacial score (nSPS) is 27.7. The van der Waals surface area contributed by atoms with Crippen molar-refractivity contribution in [1.82, 2.24) is 0 Å². The molecule has 0 bridgehead atoms. The number of fused-ring (bicyclic) bond motifs is 3. The van der Waals surface area contributed by atoms with Crippen molar-refractivity contribution in [2.45, 2.75) is 102 Å². The van der Waals surface area contributed by atoms with Gasteiger partial charge in [0.05, 0.1) is 31.1 Å². The average molecular weight is 693 g/mol. The van der Waals surface area contributed by atoms with Crippen LogP contribution in [0.5, 0.6) is 5.75 Å². The number of benzene rings is 2. The molecule has 2 aromatic rings. The number of hydrogen-bond acceptors (Lipinski definition) is 6. The van der Waals surface area contributed by atoms with Crippen molar-refractivity contribution in [2.24, 2.45) is 29.4 Å². The minimum Gasteiger partial charge on any atom is -0.490 e. The number of rotatable bonds is 10. The second kappa shape index (κ2) is 14.1. The fourth-order valence-corrected chi connectivity index (χ4v) is 9.84. The smallest absolute Gasteiger partial charge is 0.337 e. The fourth-order valence-electron chi connectivity index (χ4n) is 8.36. The Morgan fingerprint density at radius 1 is 1.15 bits per heavy atom. The summed E-state index contributed by atoms with van der Waals surface area (Å²) in [6.07, 6.45) is 14.2. The number of carbonyl (C=O) groups excluding carboxylic acids is 1. The van der Waals surface area contributed by atoms with Gasteiger partial charge in [0.2, 0.25) is 0 Å². The van der Waals surface area contributed by atoms with Crippen molar-refractivity contribution in [2.75, 3.05) is 38.3 Å². The average Bonchev–Trinajstić information content (AvgIpc) is 3.17. The van der Waals surface area contributed by atoms with Crippen LogP contribution in [0, 0.1) is 23.7 Å². The molecule has 6 atom stereocenters. The summed E-state index contributed by atoms with van der Waals surface area (Å²) in [5, 5.41) is 0.920. The molecule has 1 heterocycles. The van der Waals surface area contributed by atoms with Crippen LogP contribution in [0.3, 0.4) is 0 Å². The van der Waals surface area contributed by atoms with Gasteiger partial charge in [-0.15, -0.1) is 0 Å². The third-order valence-electron chi connectivity index (χ3n) is 12.6. The van der Waals surface area contributed by atoms with Crippen LogP contribution in [0.4, 0.5) is 5.69 Å². The van der Waals surface area contributed by atoms with Gasteiger partial charge in [-0.25, -0.2) is 4.79 Å². The van der Waals surface area contributed by atoms with Crippen molar-refractivity contribution < 1.29 is 18.7 Å². The molecular formula is C40H57ClN2O4Si. The maximum atomic E-state index is 12.7. The van der Waals surface area contributed by atoms with Gasteiger partial charge in [0.1, 0.15) is 5.75 Å². The van der Waals surface area contributed by atoms with E-state index in [0.29, 0.717) is 35.8 Å². The zero-order valence-corrected chi connectivity index (χ0v) is 31.8. The molecule has 8 heteroatoms. The maximum Gasteiger partial charge on any atom is 0.337 e. The third-order valence-corrected chi connectivity index (χ3v) is 17.3. The van der Waals surface area contributed by atoms with E-state index in [9.17, 15) is 4.79 Å². The van der Waals surface area contributed by atoms with Crippen molar-refractivity contribution in [3.05, 3.63) is 70.3 Å². The number of hydrogen-bond donors (Lipinski definition) is 1. The van der Waals surface area contributed by atoms with Crippen molar-refractivity contribution in [1.29, 1.82) is 0 Å². The molecule has 2 aromatic carbocycles. The van der Waals surface area contributed by atoms with Gasteiger partial charge in [0, 0.05) is 23.5 Å². The van der Waals surface area contributed by atoms with Gasteiger partial charge in [-0.2, -0.15) is 0 Å². The number of halogens is 1. The van der Waals surface area contributed by atoms with E-state index in [0.717, 1.165) is 74.6 Å². The molecule has 3 aliphatic carbocycles. The monoisotopic (exact) mass is 692 g/mol. The lowest BCUT2D eigenvalue weighted by atomic mass is 9.68. The third kappa shape index (κ3) is 7.12. The second-order valence-electron chi connectivity index (χ2n) is 16.6. The summed E-state index contributed by atoms with van der Waals surface area (Å²) < 4.78 is 19.1. The predicted octanol–water partition coefficient (Wildman–Crippen LogP) is 8.95. The van der Waals surface area contributed by atoms with Crippen LogP contribution in [0.15, 0.2) is 48.6 Å². The zero-order chi connectivity index (χ0) is 34.3. The lowest BCUT2D eigenvalue weighted by molar-refractivity contribution is 0.0517. The molecule has 0 unspecified atom stereocenters. The van der Waals surface area contributed by atoms with Crippen LogP contribution in [-0.2, 0) is 21.0 Å². The highest BCUT2D eigenvalue weighted by atomic mass is 35.5. The molecule has 4 aliphatic rings. The number of allylic oxidation sites excluding steroid dienone is 1. The molecule has 0 aromatic heterocycles. The highest BCUT2D eigenvalue weighted by Gasteiger charge is 2.47. The quantitative estimate of drug-likeness (QED) is 0.152. The fraction of sp³-hybridized carbons (Fsp3) is 0.625. The van der Waals surface area contributed by atoms with Gasteiger partial charge in [-0.3, -0.25) is 0 Å². The van der Waals surface area contributed by atoms with Gasteiger partial charge in [-0.1, -0.05) is 50.6 Å². The van der Waals surface area contributed by atoms with E-state index >= 15 is 0 Å². The number of carbonyl (C=O) groups is 1. The number of nitrogens with zero attached hydrogens (tertiary/aromatic N) is 1. The largest absolute Gasteiger partial charge is 0.490 e. The molecule has 1 aliphatic heterocycles. The zero-order valence-electron chi connectivity index (χ0n) is 30.0. The van der Waals surface area contributed by atoms with Gasteiger partial charge in [0.25, 0.3) is 0 Å². The molecule has 0 saturated heterocycles. The summed E-state index contributed by atoms with van der Waals surface area (Å²) in [5.41, 5.74) is 10.0. The molecule has 2 saturated carbocycles. The number of methoxy groups -OCH3 is 1. The van der Waals surface area contributed by atoms with Gasteiger partial charge in [0.15, 0.2) is 8.32 Å². The van der Waals surface area contributed by atoms with E-state index < -0.39 is 8.32 Å². The standard InChI is InChI=1S/C40H57ClN2O4Si/c1-39(2,3)48(5,6)47-36(17-12-27-9-10-28(27)19-21-42)33-15-11-31(33)24-43-25-40(20-7-8-29-22-32(41)14-16-34(29)40)26-46-37-18-13-30(23-35(37)43)38(44)45-4/h12-14,16-18,22-23,27-28,31,33,36H,7-11,15,19-21,24-26,42H2,1-6H3/b17-12+/t27-,28-,31-,33+,36-,40-/m0/s1. The second-order valence-corrected chi connectivity index (χ2v) is 21.8. The van der Waals surface area contributed by atoms with E-state index in [2.05, 4.69) is 63.0 Å². The number of ether oxygens (including phenoxy) is 2. The molecule has 2 fully saturated rings. The minimum absolute atomic E-state index is 0.0966. The maximum absolute atomic E-state index is 12.7. The summed E-state index contributed by atoms with van der Waals surface area (Å²) in [5.74, 6) is 2.73. The van der Waals surface area contributed by atoms with Crippen LogP contribution in [0.1, 0.15) is 87.2 Å². The van der Waals surface area contributed by atoms with E-state index in [1.165, 1.54) is 31.1 Å². The minimum atomic E-state index is -2.02. The Balaban J connectivity index is 1.32. The Labute approximate surface area is 294 Å².